The van der Waals surface area contributed by atoms with Gasteiger partial charge in [-0.05, 0) is 50.2 Å². The number of anilines is 1. The number of esters is 1. The van der Waals surface area contributed by atoms with Crippen LogP contribution in [0.2, 0.25) is 0 Å². The van der Waals surface area contributed by atoms with Gasteiger partial charge in [0.1, 0.15) is 12.4 Å². The molecule has 1 amide bonds. The van der Waals surface area contributed by atoms with Crippen LogP contribution in [0.3, 0.4) is 0 Å². The molecule has 0 aliphatic rings. The van der Waals surface area contributed by atoms with Gasteiger partial charge in [0.15, 0.2) is 0 Å². The first-order valence-electron chi connectivity index (χ1n) is 8.78. The molecule has 0 saturated heterocycles. The van der Waals surface area contributed by atoms with Gasteiger partial charge in [-0.25, -0.2) is 9.78 Å². The van der Waals surface area contributed by atoms with E-state index in [1.807, 2.05) is 18.4 Å². The van der Waals surface area contributed by atoms with E-state index in [2.05, 4.69) is 10.3 Å². The molecule has 144 valence electrons. The summed E-state index contributed by atoms with van der Waals surface area (Å²) in [6.07, 6.45) is 0. The van der Waals surface area contributed by atoms with Crippen LogP contribution in [-0.4, -0.2) is 23.5 Å². The number of nitrogens with one attached hydrogen (secondary N) is 1. The molecule has 28 heavy (non-hydrogen) atoms. The summed E-state index contributed by atoms with van der Waals surface area (Å²) in [7, 11) is 0. The SMILES string of the molecule is CCOC(=O)c1ccc(NC(=O)c2ccccc2OCc2csc(C)n2)cc1. The first kappa shape index (κ1) is 19.6. The van der Waals surface area contributed by atoms with Crippen LogP contribution in [-0.2, 0) is 11.3 Å². The van der Waals surface area contributed by atoms with E-state index in [1.165, 1.54) is 0 Å². The fraction of sp³-hybridized carbons (Fsp3) is 0.190. The van der Waals surface area contributed by atoms with Gasteiger partial charge in [-0.2, -0.15) is 0 Å². The highest BCUT2D eigenvalue weighted by atomic mass is 32.1. The minimum Gasteiger partial charge on any atom is -0.486 e. The maximum atomic E-state index is 12.7. The molecule has 0 aliphatic heterocycles. The maximum absolute atomic E-state index is 12.7. The predicted octanol–water partition coefficient (Wildman–Crippen LogP) is 4.46. The Morgan fingerprint density at radius 2 is 1.86 bits per heavy atom. The molecule has 6 nitrogen and oxygen atoms in total. The zero-order valence-corrected chi connectivity index (χ0v) is 16.4. The minimum atomic E-state index is -0.392. The van der Waals surface area contributed by atoms with Gasteiger partial charge >= 0.3 is 5.97 Å². The molecule has 3 rings (SSSR count). The number of benzene rings is 2. The lowest BCUT2D eigenvalue weighted by Crippen LogP contribution is -2.14. The quantitative estimate of drug-likeness (QED) is 0.597. The van der Waals surface area contributed by atoms with Crippen molar-refractivity contribution in [3.63, 3.8) is 0 Å². The third kappa shape index (κ3) is 4.95. The molecule has 0 aliphatic carbocycles. The zero-order valence-electron chi connectivity index (χ0n) is 15.6. The second-order valence-electron chi connectivity index (χ2n) is 5.89. The van der Waals surface area contributed by atoms with E-state index >= 15 is 0 Å². The maximum Gasteiger partial charge on any atom is 0.338 e. The Balaban J connectivity index is 1.68. The highest BCUT2D eigenvalue weighted by Gasteiger charge is 2.14. The van der Waals surface area contributed by atoms with E-state index in [1.54, 1.807) is 60.7 Å². The number of ether oxygens (including phenoxy) is 2. The van der Waals surface area contributed by atoms with Crippen LogP contribution in [0.1, 0.15) is 38.3 Å². The molecule has 1 N–H and O–H groups in total. The van der Waals surface area contributed by atoms with E-state index in [9.17, 15) is 9.59 Å². The average Bonchev–Trinajstić information content (AvgIpc) is 3.12. The fourth-order valence-electron chi connectivity index (χ4n) is 2.51. The van der Waals surface area contributed by atoms with Crippen molar-refractivity contribution in [2.75, 3.05) is 11.9 Å². The average molecular weight is 396 g/mol. The van der Waals surface area contributed by atoms with Crippen LogP contribution in [0.4, 0.5) is 5.69 Å². The standard InChI is InChI=1S/C21H20N2O4S/c1-3-26-21(25)15-8-10-16(11-9-15)23-20(24)18-6-4-5-7-19(18)27-12-17-13-28-14(2)22-17/h4-11,13H,3,12H2,1-2H3,(H,23,24). The number of thiazole rings is 1. The van der Waals surface area contributed by atoms with Crippen molar-refractivity contribution >= 4 is 28.9 Å². The van der Waals surface area contributed by atoms with Crippen molar-refractivity contribution in [2.24, 2.45) is 0 Å². The number of carbonyl (C=O) groups excluding carboxylic acids is 2. The molecular formula is C21H20N2O4S. The van der Waals surface area contributed by atoms with Gasteiger partial charge < -0.3 is 14.8 Å². The summed E-state index contributed by atoms with van der Waals surface area (Å²) in [5, 5.41) is 5.72. The number of aryl methyl sites for hydroxylation is 1. The van der Waals surface area contributed by atoms with Gasteiger partial charge in [0.2, 0.25) is 0 Å². The molecule has 3 aromatic rings. The van der Waals surface area contributed by atoms with Crippen LogP contribution < -0.4 is 10.1 Å². The van der Waals surface area contributed by atoms with Crippen LogP contribution in [0.5, 0.6) is 5.75 Å². The van der Waals surface area contributed by atoms with Crippen LogP contribution in [0.25, 0.3) is 0 Å². The minimum absolute atomic E-state index is 0.295. The molecule has 0 saturated carbocycles. The Labute approximate surface area is 167 Å². The van der Waals surface area contributed by atoms with Crippen LogP contribution in [0, 0.1) is 6.92 Å². The first-order valence-corrected chi connectivity index (χ1v) is 9.66. The highest BCUT2D eigenvalue weighted by Crippen LogP contribution is 2.22. The monoisotopic (exact) mass is 396 g/mol. The number of nitrogens with zero attached hydrogens (tertiary/aromatic N) is 1. The summed E-state index contributed by atoms with van der Waals surface area (Å²) >= 11 is 1.55. The van der Waals surface area contributed by atoms with E-state index in [-0.39, 0.29) is 5.91 Å². The van der Waals surface area contributed by atoms with Crippen molar-refractivity contribution in [3.8, 4) is 5.75 Å². The topological polar surface area (TPSA) is 77.5 Å². The van der Waals surface area contributed by atoms with Crippen LogP contribution >= 0.6 is 11.3 Å². The van der Waals surface area contributed by atoms with Gasteiger partial charge in [-0.1, -0.05) is 12.1 Å². The molecule has 7 heteroatoms. The lowest BCUT2D eigenvalue weighted by molar-refractivity contribution is 0.0526. The number of rotatable bonds is 7. The summed E-state index contributed by atoms with van der Waals surface area (Å²) in [6.45, 7) is 4.29. The molecule has 0 spiro atoms. The van der Waals surface area contributed by atoms with Gasteiger partial charge in [0, 0.05) is 11.1 Å². The van der Waals surface area contributed by atoms with Crippen molar-refractivity contribution in [1.82, 2.24) is 4.98 Å². The van der Waals surface area contributed by atoms with E-state index < -0.39 is 5.97 Å². The lowest BCUT2D eigenvalue weighted by Gasteiger charge is -2.11. The summed E-state index contributed by atoms with van der Waals surface area (Å²) in [4.78, 5) is 28.7. The molecule has 0 fully saturated rings. The molecular weight excluding hydrogens is 376 g/mol. The number of hydrogen-bond acceptors (Lipinski definition) is 6. The molecule has 0 radical (unpaired) electrons. The van der Waals surface area contributed by atoms with Crippen molar-refractivity contribution in [3.05, 3.63) is 75.7 Å². The van der Waals surface area contributed by atoms with E-state index in [0.29, 0.717) is 35.8 Å². The Kier molecular flexibility index (Phi) is 6.39. The Bertz CT molecular complexity index is 967. The van der Waals surface area contributed by atoms with Crippen LogP contribution in [0.15, 0.2) is 53.9 Å². The predicted molar refractivity (Wildman–Crippen MR) is 108 cm³/mol. The van der Waals surface area contributed by atoms with Gasteiger partial charge in [0.05, 0.1) is 28.4 Å². The number of amides is 1. The third-order valence-electron chi connectivity index (χ3n) is 3.83. The van der Waals surface area contributed by atoms with Gasteiger partial charge in [0.25, 0.3) is 5.91 Å². The largest absolute Gasteiger partial charge is 0.486 e. The second-order valence-corrected chi connectivity index (χ2v) is 6.96. The number of para-hydroxylation sites is 1. The number of aromatic nitrogens is 1. The Morgan fingerprint density at radius 3 is 2.54 bits per heavy atom. The molecule has 0 unspecified atom stereocenters. The lowest BCUT2D eigenvalue weighted by atomic mass is 10.1. The zero-order chi connectivity index (χ0) is 19.9. The summed E-state index contributed by atoms with van der Waals surface area (Å²) in [5.74, 6) is -0.209. The van der Waals surface area contributed by atoms with Crippen molar-refractivity contribution in [1.29, 1.82) is 0 Å². The van der Waals surface area contributed by atoms with Gasteiger partial charge in [-0.3, -0.25) is 4.79 Å². The third-order valence-corrected chi connectivity index (χ3v) is 4.65. The Morgan fingerprint density at radius 1 is 1.11 bits per heavy atom. The first-order chi connectivity index (χ1) is 13.6. The Hall–Kier alpha value is -3.19. The van der Waals surface area contributed by atoms with Crippen molar-refractivity contribution < 1.29 is 19.1 Å². The highest BCUT2D eigenvalue weighted by molar-refractivity contribution is 7.09. The van der Waals surface area contributed by atoms with Crippen molar-refractivity contribution in [2.45, 2.75) is 20.5 Å². The second kappa shape index (κ2) is 9.14. The normalized spacial score (nSPS) is 10.4. The van der Waals surface area contributed by atoms with E-state index in [4.69, 9.17) is 9.47 Å². The molecule has 1 aromatic heterocycles. The molecule has 0 bridgehead atoms. The molecule has 2 aromatic carbocycles. The molecule has 1 heterocycles. The fourth-order valence-corrected chi connectivity index (χ4v) is 3.11. The number of hydrogen-bond donors (Lipinski definition) is 1. The summed E-state index contributed by atoms with van der Waals surface area (Å²) in [5.41, 5.74) is 2.25. The number of carbonyl (C=O) groups is 2. The smallest absolute Gasteiger partial charge is 0.338 e. The van der Waals surface area contributed by atoms with E-state index in [0.717, 1.165) is 10.7 Å². The summed E-state index contributed by atoms with van der Waals surface area (Å²) in [6, 6.07) is 13.6. The molecule has 0 atom stereocenters. The summed E-state index contributed by atoms with van der Waals surface area (Å²) < 4.78 is 10.7. The van der Waals surface area contributed by atoms with Gasteiger partial charge in [-0.15, -0.1) is 11.3 Å².